The Kier molecular flexibility index (Phi) is 3.62. The van der Waals surface area contributed by atoms with Gasteiger partial charge in [0.2, 0.25) is 5.91 Å². The largest absolute Gasteiger partial charge is 0.354 e. The SMILES string of the molecule is CC1(C)NC(=O)N(CC(=O)NCC2(Cn3cccn3)CC2)C1=O. The number of carbonyl (C=O) groups excluding carboxylic acids is 3. The van der Waals surface area contributed by atoms with E-state index in [-0.39, 0.29) is 23.8 Å². The van der Waals surface area contributed by atoms with Crippen molar-refractivity contribution in [3.8, 4) is 0 Å². The van der Waals surface area contributed by atoms with Crippen molar-refractivity contribution in [1.82, 2.24) is 25.3 Å². The zero-order chi connectivity index (χ0) is 16.7. The summed E-state index contributed by atoms with van der Waals surface area (Å²) in [5.41, 5.74) is -0.909. The van der Waals surface area contributed by atoms with Gasteiger partial charge in [-0.25, -0.2) is 4.79 Å². The highest BCUT2D eigenvalue weighted by Gasteiger charge is 2.46. The molecule has 1 saturated carbocycles. The van der Waals surface area contributed by atoms with E-state index in [0.717, 1.165) is 24.3 Å². The topological polar surface area (TPSA) is 96.3 Å². The molecule has 2 aliphatic rings. The first-order valence-electron chi connectivity index (χ1n) is 7.70. The highest BCUT2D eigenvalue weighted by molar-refractivity contribution is 6.08. The van der Waals surface area contributed by atoms with Crippen molar-refractivity contribution in [2.45, 2.75) is 38.8 Å². The maximum Gasteiger partial charge on any atom is 0.325 e. The van der Waals surface area contributed by atoms with Gasteiger partial charge >= 0.3 is 6.03 Å². The molecule has 8 nitrogen and oxygen atoms in total. The lowest BCUT2D eigenvalue weighted by atomic mass is 10.1. The molecule has 0 radical (unpaired) electrons. The normalized spacial score (nSPS) is 21.2. The van der Waals surface area contributed by atoms with Crippen LogP contribution in [0.15, 0.2) is 18.5 Å². The standard InChI is InChI=1S/C15H21N5O3/c1-14(2)12(22)20(13(23)18-14)8-11(21)16-9-15(4-5-15)10-19-7-3-6-17-19/h3,6-7H,4-5,8-10H2,1-2H3,(H,16,21)(H,18,23). The minimum Gasteiger partial charge on any atom is -0.354 e. The van der Waals surface area contributed by atoms with E-state index in [1.165, 1.54) is 0 Å². The van der Waals surface area contributed by atoms with E-state index in [1.54, 1.807) is 20.0 Å². The number of carbonyl (C=O) groups is 3. The number of amides is 4. The Morgan fingerprint density at radius 1 is 1.39 bits per heavy atom. The van der Waals surface area contributed by atoms with Crippen LogP contribution in [0, 0.1) is 5.41 Å². The highest BCUT2D eigenvalue weighted by Crippen LogP contribution is 2.46. The molecule has 0 spiro atoms. The lowest BCUT2D eigenvalue weighted by molar-refractivity contribution is -0.134. The van der Waals surface area contributed by atoms with E-state index >= 15 is 0 Å². The summed E-state index contributed by atoms with van der Waals surface area (Å²) in [5.74, 6) is -0.701. The zero-order valence-electron chi connectivity index (χ0n) is 13.3. The van der Waals surface area contributed by atoms with Crippen LogP contribution in [0.2, 0.25) is 0 Å². The number of imide groups is 1. The van der Waals surface area contributed by atoms with Gasteiger partial charge in [0.05, 0.1) is 0 Å². The predicted octanol–water partition coefficient (Wildman–Crippen LogP) is 0.110. The molecular weight excluding hydrogens is 298 g/mol. The van der Waals surface area contributed by atoms with Crippen LogP contribution >= 0.6 is 0 Å². The van der Waals surface area contributed by atoms with Gasteiger partial charge in [0.1, 0.15) is 12.1 Å². The summed E-state index contributed by atoms with van der Waals surface area (Å²) in [6.45, 7) is 4.28. The third-order valence-corrected chi connectivity index (χ3v) is 4.42. The first-order valence-corrected chi connectivity index (χ1v) is 7.70. The molecule has 23 heavy (non-hydrogen) atoms. The molecule has 0 bridgehead atoms. The van der Waals surface area contributed by atoms with Crippen LogP contribution in [0.3, 0.4) is 0 Å². The molecule has 3 rings (SSSR count). The Balaban J connectivity index is 1.51. The molecule has 0 unspecified atom stereocenters. The number of urea groups is 1. The third kappa shape index (κ3) is 3.20. The van der Waals surface area contributed by atoms with Crippen molar-refractivity contribution < 1.29 is 14.4 Å². The lowest BCUT2D eigenvalue weighted by Gasteiger charge is -2.18. The Morgan fingerprint density at radius 2 is 2.13 bits per heavy atom. The zero-order valence-corrected chi connectivity index (χ0v) is 13.3. The molecule has 4 amide bonds. The van der Waals surface area contributed by atoms with Crippen molar-refractivity contribution in [2.75, 3.05) is 13.1 Å². The van der Waals surface area contributed by atoms with Gasteiger partial charge in [-0.1, -0.05) is 0 Å². The molecule has 1 aliphatic heterocycles. The third-order valence-electron chi connectivity index (χ3n) is 4.42. The van der Waals surface area contributed by atoms with Crippen molar-refractivity contribution in [2.24, 2.45) is 5.41 Å². The summed E-state index contributed by atoms with van der Waals surface area (Å²) in [7, 11) is 0. The molecule has 2 fully saturated rings. The van der Waals surface area contributed by atoms with Crippen LogP contribution in [0.1, 0.15) is 26.7 Å². The predicted molar refractivity (Wildman–Crippen MR) is 81.2 cm³/mol. The lowest BCUT2D eigenvalue weighted by Crippen LogP contribution is -2.44. The van der Waals surface area contributed by atoms with Gasteiger partial charge in [0.15, 0.2) is 0 Å². The van der Waals surface area contributed by atoms with Crippen LogP contribution in [0.5, 0.6) is 0 Å². The van der Waals surface area contributed by atoms with Crippen LogP contribution < -0.4 is 10.6 Å². The average molecular weight is 319 g/mol. The van der Waals surface area contributed by atoms with Crippen molar-refractivity contribution in [3.05, 3.63) is 18.5 Å². The monoisotopic (exact) mass is 319 g/mol. The Morgan fingerprint density at radius 3 is 2.65 bits per heavy atom. The van der Waals surface area contributed by atoms with Crippen LogP contribution in [-0.2, 0) is 16.1 Å². The fraction of sp³-hybridized carbons (Fsp3) is 0.600. The number of nitrogens with zero attached hydrogens (tertiary/aromatic N) is 3. The number of nitrogens with one attached hydrogen (secondary N) is 2. The number of hydrogen-bond acceptors (Lipinski definition) is 4. The quantitative estimate of drug-likeness (QED) is 0.727. The fourth-order valence-electron chi connectivity index (χ4n) is 2.75. The maximum atomic E-state index is 12.1. The van der Waals surface area contributed by atoms with Crippen molar-refractivity contribution >= 4 is 17.8 Å². The molecule has 1 saturated heterocycles. The number of hydrogen-bond donors (Lipinski definition) is 2. The molecule has 2 N–H and O–H groups in total. The van der Waals surface area contributed by atoms with E-state index in [2.05, 4.69) is 15.7 Å². The van der Waals surface area contributed by atoms with E-state index in [1.807, 2.05) is 16.9 Å². The van der Waals surface area contributed by atoms with Crippen molar-refractivity contribution in [1.29, 1.82) is 0 Å². The Bertz CT molecular complexity index is 634. The van der Waals surface area contributed by atoms with Gasteiger partial charge < -0.3 is 10.6 Å². The fourth-order valence-corrected chi connectivity index (χ4v) is 2.75. The van der Waals surface area contributed by atoms with Gasteiger partial charge in [0.25, 0.3) is 5.91 Å². The number of aromatic nitrogens is 2. The summed E-state index contributed by atoms with van der Waals surface area (Å²) >= 11 is 0. The van der Waals surface area contributed by atoms with Crippen LogP contribution in [0.4, 0.5) is 4.79 Å². The molecular formula is C15H21N5O3. The Hall–Kier alpha value is -2.38. The van der Waals surface area contributed by atoms with Gasteiger partial charge in [-0.15, -0.1) is 0 Å². The highest BCUT2D eigenvalue weighted by atomic mass is 16.2. The molecule has 1 aromatic rings. The second-order valence-electron chi connectivity index (χ2n) is 6.93. The molecule has 124 valence electrons. The van der Waals surface area contributed by atoms with E-state index in [0.29, 0.717) is 6.54 Å². The second-order valence-corrected chi connectivity index (χ2v) is 6.93. The minimum atomic E-state index is -0.949. The van der Waals surface area contributed by atoms with Crippen LogP contribution in [-0.4, -0.2) is 51.2 Å². The second kappa shape index (κ2) is 5.36. The molecule has 8 heteroatoms. The molecule has 2 heterocycles. The van der Waals surface area contributed by atoms with Gasteiger partial charge in [-0.2, -0.15) is 5.10 Å². The molecule has 0 aromatic carbocycles. The van der Waals surface area contributed by atoms with Crippen molar-refractivity contribution in [3.63, 3.8) is 0 Å². The van der Waals surface area contributed by atoms with Gasteiger partial charge in [-0.05, 0) is 32.8 Å². The molecule has 0 atom stereocenters. The smallest absolute Gasteiger partial charge is 0.325 e. The summed E-state index contributed by atoms with van der Waals surface area (Å²) in [6, 6.07) is 1.35. The number of rotatable bonds is 6. The van der Waals surface area contributed by atoms with E-state index in [4.69, 9.17) is 0 Å². The molecule has 1 aliphatic carbocycles. The van der Waals surface area contributed by atoms with Gasteiger partial charge in [-0.3, -0.25) is 19.2 Å². The first-order chi connectivity index (χ1) is 10.8. The van der Waals surface area contributed by atoms with E-state index < -0.39 is 11.6 Å². The summed E-state index contributed by atoms with van der Waals surface area (Å²) in [6.07, 6.45) is 5.69. The van der Waals surface area contributed by atoms with Gasteiger partial charge in [0, 0.05) is 30.9 Å². The Labute approximate surface area is 134 Å². The first kappa shape index (κ1) is 15.5. The molecule has 1 aromatic heterocycles. The summed E-state index contributed by atoms with van der Waals surface area (Å²) in [4.78, 5) is 36.8. The summed E-state index contributed by atoms with van der Waals surface area (Å²) in [5, 5.41) is 9.58. The maximum absolute atomic E-state index is 12.1. The van der Waals surface area contributed by atoms with E-state index in [9.17, 15) is 14.4 Å². The van der Waals surface area contributed by atoms with Crippen LogP contribution in [0.25, 0.3) is 0 Å². The average Bonchev–Trinajstić information content (AvgIpc) is 2.98. The minimum absolute atomic E-state index is 0.0399. The summed E-state index contributed by atoms with van der Waals surface area (Å²) < 4.78 is 1.86.